The van der Waals surface area contributed by atoms with Gasteiger partial charge in [-0.25, -0.2) is 9.37 Å². The van der Waals surface area contributed by atoms with Gasteiger partial charge in [-0.1, -0.05) is 23.7 Å². The molecule has 18 heavy (non-hydrogen) atoms. The number of hydrogen-bond donors (Lipinski definition) is 1. The Hall–Kier alpha value is -1.94. The number of amides is 1. The van der Waals surface area contributed by atoms with Gasteiger partial charge in [-0.15, -0.1) is 0 Å². The van der Waals surface area contributed by atoms with E-state index in [9.17, 15) is 9.18 Å². The molecule has 1 aromatic carbocycles. The van der Waals surface area contributed by atoms with Gasteiger partial charge in [-0.3, -0.25) is 4.79 Å². The average Bonchev–Trinajstić information content (AvgIpc) is 2.35. The Bertz CT molecular complexity index is 584. The van der Waals surface area contributed by atoms with Crippen LogP contribution in [0.4, 0.5) is 10.2 Å². The Labute approximate surface area is 109 Å². The quantitative estimate of drug-likeness (QED) is 0.903. The number of hydrogen-bond acceptors (Lipinski definition) is 2. The molecule has 0 bridgehead atoms. The molecular formula is C13H10ClFN2O. The Morgan fingerprint density at radius 3 is 2.78 bits per heavy atom. The highest BCUT2D eigenvalue weighted by atomic mass is 35.5. The summed E-state index contributed by atoms with van der Waals surface area (Å²) >= 11 is 5.68. The van der Waals surface area contributed by atoms with Crippen LogP contribution in [0, 0.1) is 12.7 Å². The summed E-state index contributed by atoms with van der Waals surface area (Å²) in [5.41, 5.74) is 0.415. The van der Waals surface area contributed by atoms with Gasteiger partial charge in [0.15, 0.2) is 0 Å². The molecule has 0 saturated heterocycles. The fourth-order valence-corrected chi connectivity index (χ4v) is 1.57. The summed E-state index contributed by atoms with van der Waals surface area (Å²) in [4.78, 5) is 15.8. The zero-order valence-electron chi connectivity index (χ0n) is 9.58. The summed E-state index contributed by atoms with van der Waals surface area (Å²) in [6.45, 7) is 1.60. The molecule has 5 heteroatoms. The Balaban J connectivity index is 2.22. The van der Waals surface area contributed by atoms with Crippen LogP contribution in [0.3, 0.4) is 0 Å². The number of nitrogens with zero attached hydrogens (tertiary/aromatic N) is 1. The number of carbonyl (C=O) groups is 1. The highest BCUT2D eigenvalue weighted by molar-refractivity contribution is 6.30. The number of pyridine rings is 1. The van der Waals surface area contributed by atoms with Gasteiger partial charge in [0.05, 0.1) is 10.6 Å². The van der Waals surface area contributed by atoms with Gasteiger partial charge < -0.3 is 5.32 Å². The van der Waals surface area contributed by atoms with Gasteiger partial charge in [0.2, 0.25) is 0 Å². The molecule has 1 amide bonds. The van der Waals surface area contributed by atoms with Crippen LogP contribution in [0.5, 0.6) is 0 Å². The molecule has 0 fully saturated rings. The predicted molar refractivity (Wildman–Crippen MR) is 68.3 cm³/mol. The fraction of sp³-hybridized carbons (Fsp3) is 0.0769. The number of halogens is 2. The van der Waals surface area contributed by atoms with E-state index in [-0.39, 0.29) is 5.56 Å². The highest BCUT2D eigenvalue weighted by Crippen LogP contribution is 2.15. The summed E-state index contributed by atoms with van der Waals surface area (Å²) in [5.74, 6) is -0.736. The molecule has 0 aliphatic heterocycles. The maximum atomic E-state index is 13.7. The second kappa shape index (κ2) is 5.14. The molecule has 1 aromatic heterocycles. The molecule has 0 radical (unpaired) electrons. The van der Waals surface area contributed by atoms with Crippen LogP contribution in [-0.4, -0.2) is 10.9 Å². The molecule has 0 aliphatic carbocycles. The molecule has 0 unspecified atom stereocenters. The average molecular weight is 265 g/mol. The molecule has 92 valence electrons. The first-order chi connectivity index (χ1) is 8.58. The molecule has 1 heterocycles. The molecule has 2 aromatic rings. The summed E-state index contributed by atoms with van der Waals surface area (Å²) < 4.78 is 13.7. The monoisotopic (exact) mass is 264 g/mol. The minimum atomic E-state index is -0.536. The molecule has 1 N–H and O–H groups in total. The van der Waals surface area contributed by atoms with E-state index in [2.05, 4.69) is 10.3 Å². The van der Waals surface area contributed by atoms with Crippen molar-refractivity contribution in [2.24, 2.45) is 0 Å². The van der Waals surface area contributed by atoms with Crippen LogP contribution in [0.15, 0.2) is 36.5 Å². The zero-order chi connectivity index (χ0) is 13.1. The van der Waals surface area contributed by atoms with Crippen molar-refractivity contribution in [1.29, 1.82) is 0 Å². The lowest BCUT2D eigenvalue weighted by Gasteiger charge is -2.06. The number of nitrogens with one attached hydrogen (secondary N) is 1. The molecular weight excluding hydrogens is 255 g/mol. The highest BCUT2D eigenvalue weighted by Gasteiger charge is 2.13. The van der Waals surface area contributed by atoms with Crippen LogP contribution in [-0.2, 0) is 0 Å². The van der Waals surface area contributed by atoms with E-state index in [0.717, 1.165) is 0 Å². The van der Waals surface area contributed by atoms with E-state index in [4.69, 9.17) is 11.6 Å². The SMILES string of the molecule is Cc1cccc(C(=O)Nc2ccc(Cl)cn2)c1F. The second-order valence-electron chi connectivity index (χ2n) is 3.75. The third-order valence-electron chi connectivity index (χ3n) is 2.41. The fourth-order valence-electron chi connectivity index (χ4n) is 1.46. The Morgan fingerprint density at radius 1 is 1.33 bits per heavy atom. The number of anilines is 1. The first-order valence-corrected chi connectivity index (χ1v) is 5.64. The summed E-state index contributed by atoms with van der Waals surface area (Å²) in [6, 6.07) is 7.80. The van der Waals surface area contributed by atoms with Crippen LogP contribution < -0.4 is 5.32 Å². The minimum Gasteiger partial charge on any atom is -0.306 e. The van der Waals surface area contributed by atoms with Crippen LogP contribution >= 0.6 is 11.6 Å². The predicted octanol–water partition coefficient (Wildman–Crippen LogP) is 3.43. The van der Waals surface area contributed by atoms with Crippen molar-refractivity contribution in [3.63, 3.8) is 0 Å². The third kappa shape index (κ3) is 2.65. The van der Waals surface area contributed by atoms with Crippen molar-refractivity contribution >= 4 is 23.3 Å². The number of benzene rings is 1. The van der Waals surface area contributed by atoms with Crippen molar-refractivity contribution in [1.82, 2.24) is 4.98 Å². The van der Waals surface area contributed by atoms with Crippen molar-refractivity contribution < 1.29 is 9.18 Å². The van der Waals surface area contributed by atoms with Crippen LogP contribution in [0.2, 0.25) is 5.02 Å². The normalized spacial score (nSPS) is 10.2. The standard InChI is InChI=1S/C13H10ClFN2O/c1-8-3-2-4-10(12(8)15)13(18)17-11-6-5-9(14)7-16-11/h2-7H,1H3,(H,16,17,18). The zero-order valence-corrected chi connectivity index (χ0v) is 10.3. The lowest BCUT2D eigenvalue weighted by molar-refractivity contribution is 0.102. The summed E-state index contributed by atoms with van der Waals surface area (Å²) in [6.07, 6.45) is 1.41. The van der Waals surface area contributed by atoms with E-state index in [1.807, 2.05) is 0 Å². The van der Waals surface area contributed by atoms with E-state index in [1.165, 1.54) is 12.3 Å². The van der Waals surface area contributed by atoms with E-state index in [0.29, 0.717) is 16.4 Å². The molecule has 2 rings (SSSR count). The molecule has 0 atom stereocenters. The van der Waals surface area contributed by atoms with E-state index >= 15 is 0 Å². The lowest BCUT2D eigenvalue weighted by atomic mass is 10.1. The molecule has 0 saturated carbocycles. The van der Waals surface area contributed by atoms with Gasteiger partial charge in [0, 0.05) is 6.20 Å². The summed E-state index contributed by atoms with van der Waals surface area (Å²) in [7, 11) is 0. The summed E-state index contributed by atoms with van der Waals surface area (Å²) in [5, 5.41) is 2.97. The van der Waals surface area contributed by atoms with Gasteiger partial charge >= 0.3 is 0 Å². The van der Waals surface area contributed by atoms with Gasteiger partial charge in [0.1, 0.15) is 11.6 Å². The third-order valence-corrected chi connectivity index (χ3v) is 2.63. The van der Waals surface area contributed by atoms with Gasteiger partial charge in [-0.05, 0) is 30.7 Å². The molecule has 0 spiro atoms. The maximum absolute atomic E-state index is 13.7. The van der Waals surface area contributed by atoms with Gasteiger partial charge in [0.25, 0.3) is 5.91 Å². The van der Waals surface area contributed by atoms with Crippen LogP contribution in [0.1, 0.15) is 15.9 Å². The minimum absolute atomic E-state index is 0.00764. The van der Waals surface area contributed by atoms with Gasteiger partial charge in [-0.2, -0.15) is 0 Å². The Kier molecular flexibility index (Phi) is 3.58. The topological polar surface area (TPSA) is 42.0 Å². The van der Waals surface area contributed by atoms with Crippen molar-refractivity contribution in [3.8, 4) is 0 Å². The van der Waals surface area contributed by atoms with E-state index < -0.39 is 11.7 Å². The first kappa shape index (κ1) is 12.5. The molecule has 0 aliphatic rings. The number of carbonyl (C=O) groups excluding carboxylic acids is 1. The number of aryl methyl sites for hydroxylation is 1. The van der Waals surface area contributed by atoms with Crippen molar-refractivity contribution in [2.45, 2.75) is 6.92 Å². The second-order valence-corrected chi connectivity index (χ2v) is 4.19. The largest absolute Gasteiger partial charge is 0.306 e. The van der Waals surface area contributed by atoms with Crippen molar-refractivity contribution in [2.75, 3.05) is 5.32 Å². The lowest BCUT2D eigenvalue weighted by Crippen LogP contribution is -2.15. The van der Waals surface area contributed by atoms with Crippen LogP contribution in [0.25, 0.3) is 0 Å². The number of aromatic nitrogens is 1. The smallest absolute Gasteiger partial charge is 0.259 e. The Morgan fingerprint density at radius 2 is 2.11 bits per heavy atom. The van der Waals surface area contributed by atoms with Crippen molar-refractivity contribution in [3.05, 3.63) is 58.5 Å². The van der Waals surface area contributed by atoms with E-state index in [1.54, 1.807) is 31.2 Å². The first-order valence-electron chi connectivity index (χ1n) is 5.26. The number of rotatable bonds is 2. The maximum Gasteiger partial charge on any atom is 0.259 e. The molecule has 3 nitrogen and oxygen atoms in total.